The maximum absolute atomic E-state index is 11.8. The topological polar surface area (TPSA) is 61.7 Å². The Labute approximate surface area is 125 Å². The third kappa shape index (κ3) is 3.73. The van der Waals surface area contributed by atoms with Gasteiger partial charge in [0.1, 0.15) is 5.75 Å². The lowest BCUT2D eigenvalue weighted by molar-refractivity contribution is 0.0952. The van der Waals surface area contributed by atoms with E-state index in [4.69, 9.17) is 23.2 Å². The maximum atomic E-state index is 11.8. The smallest absolute Gasteiger partial charge is 0.275 e. The zero-order valence-corrected chi connectivity index (χ0v) is 11.7. The molecule has 0 spiro atoms. The molecule has 1 amide bonds. The molecule has 6 heteroatoms. The summed E-state index contributed by atoms with van der Waals surface area (Å²) in [7, 11) is 0. The minimum absolute atomic E-state index is 0.0609. The highest BCUT2D eigenvalue weighted by atomic mass is 35.5. The molecule has 0 radical (unpaired) electrons. The van der Waals surface area contributed by atoms with Crippen molar-refractivity contribution in [2.75, 3.05) is 0 Å². The number of rotatable bonds is 3. The molecule has 0 aromatic heterocycles. The van der Waals surface area contributed by atoms with Crippen LogP contribution in [0.25, 0.3) is 0 Å². The van der Waals surface area contributed by atoms with Gasteiger partial charge in [0.2, 0.25) is 0 Å². The summed E-state index contributed by atoms with van der Waals surface area (Å²) < 4.78 is 0. The van der Waals surface area contributed by atoms with E-state index in [2.05, 4.69) is 10.5 Å². The lowest BCUT2D eigenvalue weighted by Crippen LogP contribution is -2.17. The molecule has 102 valence electrons. The summed E-state index contributed by atoms with van der Waals surface area (Å²) in [6.45, 7) is 0. The van der Waals surface area contributed by atoms with Gasteiger partial charge in [-0.2, -0.15) is 5.10 Å². The summed E-state index contributed by atoms with van der Waals surface area (Å²) in [5, 5.41) is 14.3. The third-order valence-electron chi connectivity index (χ3n) is 2.45. The predicted molar refractivity (Wildman–Crippen MR) is 79.6 cm³/mol. The molecular weight excluding hydrogens is 299 g/mol. The van der Waals surface area contributed by atoms with Gasteiger partial charge in [-0.25, -0.2) is 5.43 Å². The highest BCUT2D eigenvalue weighted by Crippen LogP contribution is 2.21. The Balaban J connectivity index is 2.05. The van der Waals surface area contributed by atoms with Crippen LogP contribution in [0.15, 0.2) is 47.6 Å². The fourth-order valence-corrected chi connectivity index (χ4v) is 1.76. The minimum atomic E-state index is -0.546. The molecule has 0 saturated heterocycles. The van der Waals surface area contributed by atoms with E-state index < -0.39 is 5.91 Å². The Morgan fingerprint density at radius 2 is 1.75 bits per heavy atom. The number of benzene rings is 2. The number of aromatic hydroxyl groups is 1. The van der Waals surface area contributed by atoms with Crippen LogP contribution in [0.3, 0.4) is 0 Å². The first kappa shape index (κ1) is 14.4. The van der Waals surface area contributed by atoms with Crippen molar-refractivity contribution in [1.29, 1.82) is 0 Å². The number of halogens is 2. The molecule has 0 aliphatic rings. The van der Waals surface area contributed by atoms with E-state index in [0.717, 1.165) is 5.56 Å². The molecule has 0 atom stereocenters. The third-order valence-corrected chi connectivity index (χ3v) is 2.94. The van der Waals surface area contributed by atoms with Crippen LogP contribution in [0, 0.1) is 0 Å². The van der Waals surface area contributed by atoms with Crippen molar-refractivity contribution in [1.82, 2.24) is 5.43 Å². The van der Waals surface area contributed by atoms with Gasteiger partial charge >= 0.3 is 0 Å². The number of hydrazone groups is 1. The Hall–Kier alpha value is -2.04. The molecule has 0 aliphatic carbocycles. The van der Waals surface area contributed by atoms with Gasteiger partial charge < -0.3 is 5.11 Å². The monoisotopic (exact) mass is 308 g/mol. The summed E-state index contributed by atoms with van der Waals surface area (Å²) in [5.41, 5.74) is 3.15. The number of hydrogen-bond acceptors (Lipinski definition) is 3. The van der Waals surface area contributed by atoms with Crippen LogP contribution in [0.5, 0.6) is 5.75 Å². The molecule has 0 unspecified atom stereocenters. The van der Waals surface area contributed by atoms with E-state index in [1.165, 1.54) is 24.4 Å². The Morgan fingerprint density at radius 3 is 2.45 bits per heavy atom. The van der Waals surface area contributed by atoms with Crippen molar-refractivity contribution in [3.63, 3.8) is 0 Å². The van der Waals surface area contributed by atoms with Gasteiger partial charge in [-0.3, -0.25) is 4.79 Å². The Morgan fingerprint density at radius 1 is 1.10 bits per heavy atom. The number of amides is 1. The Kier molecular flexibility index (Phi) is 4.61. The number of phenolic OH excluding ortho intramolecular Hbond substituents is 1. The van der Waals surface area contributed by atoms with Gasteiger partial charge in [-0.15, -0.1) is 0 Å². The number of nitrogens with zero attached hydrogens (tertiary/aromatic N) is 1. The second kappa shape index (κ2) is 6.41. The number of phenols is 1. The van der Waals surface area contributed by atoms with E-state index in [0.29, 0.717) is 10.0 Å². The summed E-state index contributed by atoms with van der Waals surface area (Å²) >= 11 is 11.5. The van der Waals surface area contributed by atoms with Crippen molar-refractivity contribution in [3.05, 3.63) is 63.6 Å². The lowest BCUT2D eigenvalue weighted by atomic mass is 10.2. The standard InChI is InChI=1S/C14H10Cl2N2O2/c15-10-3-1-9(2-4-10)8-17-18-14(20)12-7-11(16)5-6-13(12)19/h1-8,19H,(H,18,20)/b17-8+. The van der Waals surface area contributed by atoms with Gasteiger partial charge in [0.25, 0.3) is 5.91 Å². The normalized spacial score (nSPS) is 10.7. The van der Waals surface area contributed by atoms with Crippen molar-refractivity contribution in [2.24, 2.45) is 5.10 Å². The summed E-state index contributed by atoms with van der Waals surface area (Å²) in [5.74, 6) is -0.705. The molecule has 0 saturated carbocycles. The fourth-order valence-electron chi connectivity index (χ4n) is 1.46. The van der Waals surface area contributed by atoms with Gasteiger partial charge in [0.15, 0.2) is 0 Å². The lowest BCUT2D eigenvalue weighted by Gasteiger charge is -2.03. The summed E-state index contributed by atoms with van der Waals surface area (Å²) in [6, 6.07) is 11.2. The highest BCUT2D eigenvalue weighted by Gasteiger charge is 2.10. The summed E-state index contributed by atoms with van der Waals surface area (Å²) in [4.78, 5) is 11.8. The zero-order valence-electron chi connectivity index (χ0n) is 10.2. The minimum Gasteiger partial charge on any atom is -0.507 e. The SMILES string of the molecule is O=C(N/N=C/c1ccc(Cl)cc1)c1cc(Cl)ccc1O. The first-order valence-corrected chi connectivity index (χ1v) is 6.39. The van der Waals surface area contributed by atoms with Crippen molar-refractivity contribution < 1.29 is 9.90 Å². The van der Waals surface area contributed by atoms with E-state index in [-0.39, 0.29) is 11.3 Å². The van der Waals surface area contributed by atoms with Crippen LogP contribution in [0.2, 0.25) is 10.0 Å². The molecule has 0 bridgehead atoms. The molecule has 0 fully saturated rings. The molecule has 0 heterocycles. The van der Waals surface area contributed by atoms with Gasteiger partial charge in [-0.05, 0) is 35.9 Å². The first-order valence-electron chi connectivity index (χ1n) is 5.64. The van der Waals surface area contributed by atoms with E-state index >= 15 is 0 Å². The largest absolute Gasteiger partial charge is 0.507 e. The molecule has 20 heavy (non-hydrogen) atoms. The van der Waals surface area contributed by atoms with Crippen LogP contribution in [-0.2, 0) is 0 Å². The molecule has 0 aliphatic heterocycles. The van der Waals surface area contributed by atoms with E-state index in [1.54, 1.807) is 24.3 Å². The zero-order chi connectivity index (χ0) is 14.5. The fraction of sp³-hybridized carbons (Fsp3) is 0. The average Bonchev–Trinajstić information content (AvgIpc) is 2.43. The van der Waals surface area contributed by atoms with Crippen LogP contribution in [0.1, 0.15) is 15.9 Å². The molecule has 2 aromatic rings. The van der Waals surface area contributed by atoms with Crippen molar-refractivity contribution in [3.8, 4) is 5.75 Å². The maximum Gasteiger partial charge on any atom is 0.275 e. The summed E-state index contributed by atoms with van der Waals surface area (Å²) in [6.07, 6.45) is 1.47. The first-order chi connectivity index (χ1) is 9.56. The van der Waals surface area contributed by atoms with Crippen molar-refractivity contribution >= 4 is 35.3 Å². The van der Waals surface area contributed by atoms with Gasteiger partial charge in [-0.1, -0.05) is 35.3 Å². The van der Waals surface area contributed by atoms with E-state index in [9.17, 15) is 9.90 Å². The Bertz CT molecular complexity index is 655. The van der Waals surface area contributed by atoms with Crippen LogP contribution in [0.4, 0.5) is 0 Å². The predicted octanol–water partition coefficient (Wildman–Crippen LogP) is 3.46. The average molecular weight is 309 g/mol. The highest BCUT2D eigenvalue weighted by molar-refractivity contribution is 6.31. The molecule has 2 aromatic carbocycles. The second-order valence-electron chi connectivity index (χ2n) is 3.91. The van der Waals surface area contributed by atoms with Crippen LogP contribution >= 0.6 is 23.2 Å². The molecule has 2 rings (SSSR count). The van der Waals surface area contributed by atoms with Crippen LogP contribution in [-0.4, -0.2) is 17.2 Å². The van der Waals surface area contributed by atoms with Gasteiger partial charge in [0, 0.05) is 10.0 Å². The van der Waals surface area contributed by atoms with Crippen molar-refractivity contribution in [2.45, 2.75) is 0 Å². The quantitative estimate of drug-likeness (QED) is 0.674. The number of carbonyl (C=O) groups is 1. The second-order valence-corrected chi connectivity index (χ2v) is 4.79. The molecular formula is C14H10Cl2N2O2. The number of nitrogens with one attached hydrogen (secondary N) is 1. The molecule has 4 nitrogen and oxygen atoms in total. The van der Waals surface area contributed by atoms with E-state index in [1.807, 2.05) is 0 Å². The number of carbonyl (C=O) groups excluding carboxylic acids is 1. The molecule has 2 N–H and O–H groups in total. The van der Waals surface area contributed by atoms with Gasteiger partial charge in [0.05, 0.1) is 11.8 Å². The number of hydrogen-bond donors (Lipinski definition) is 2. The van der Waals surface area contributed by atoms with Crippen LogP contribution < -0.4 is 5.43 Å².